The normalized spacial score (nSPS) is 12.4. The van der Waals surface area contributed by atoms with E-state index in [-0.39, 0.29) is 0 Å². The van der Waals surface area contributed by atoms with E-state index in [1.165, 1.54) is 7.11 Å². The van der Waals surface area contributed by atoms with Crippen LogP contribution in [0.25, 0.3) is 0 Å². The van der Waals surface area contributed by atoms with Crippen molar-refractivity contribution < 1.29 is 9.53 Å². The van der Waals surface area contributed by atoms with Gasteiger partial charge < -0.3 is 4.74 Å². The Morgan fingerprint density at radius 1 is 1.42 bits per heavy atom. The van der Waals surface area contributed by atoms with Crippen LogP contribution in [0, 0.1) is 0 Å². The minimum atomic E-state index is -0.744. The molecule has 0 aliphatic carbocycles. The molecule has 63 valence electrons. The third-order valence-corrected chi connectivity index (χ3v) is 1.58. The van der Waals surface area contributed by atoms with Gasteiger partial charge in [0.15, 0.2) is 6.10 Å². The summed E-state index contributed by atoms with van der Waals surface area (Å²) in [6.07, 6.45) is -0.744. The maximum Gasteiger partial charge on any atom is 0.272 e. The van der Waals surface area contributed by atoms with Crippen molar-refractivity contribution in [1.82, 2.24) is 5.73 Å². The number of hydrogen-bond donors (Lipinski definition) is 0. The Hall–Kier alpha value is -1.35. The van der Waals surface area contributed by atoms with E-state index in [1.54, 1.807) is 12.1 Å². The molecule has 1 aromatic carbocycles. The molecule has 1 radical (unpaired) electrons. The van der Waals surface area contributed by atoms with Crippen LogP contribution < -0.4 is 5.73 Å². The predicted molar refractivity (Wildman–Crippen MR) is 44.3 cm³/mol. The third-order valence-electron chi connectivity index (χ3n) is 1.58. The Morgan fingerprint density at radius 3 is 2.42 bits per heavy atom. The molecule has 0 heterocycles. The predicted octanol–water partition coefficient (Wildman–Crippen LogP) is 1.18. The SMILES string of the molecule is CO[C@@H](C([NH])=O)c1ccccc1. The third kappa shape index (κ3) is 1.83. The molecule has 0 fully saturated rings. The Kier molecular flexibility index (Phi) is 2.82. The molecule has 1 amide bonds. The van der Waals surface area contributed by atoms with Crippen molar-refractivity contribution in [2.75, 3.05) is 7.11 Å². The largest absolute Gasteiger partial charge is 0.367 e. The van der Waals surface area contributed by atoms with Crippen molar-refractivity contribution >= 4 is 5.91 Å². The average molecular weight is 164 g/mol. The molecule has 3 heteroatoms. The Balaban J connectivity index is 2.88. The molecular formula is C9H10NO2. The average Bonchev–Trinajstić information content (AvgIpc) is 2.07. The molecule has 0 aromatic heterocycles. The molecule has 3 nitrogen and oxygen atoms in total. The molecule has 0 spiro atoms. The second-order valence-electron chi connectivity index (χ2n) is 2.39. The second kappa shape index (κ2) is 3.88. The molecule has 1 N–H and O–H groups in total. The zero-order chi connectivity index (χ0) is 8.97. The summed E-state index contributed by atoms with van der Waals surface area (Å²) in [6, 6.07) is 9.00. The summed E-state index contributed by atoms with van der Waals surface area (Å²) in [5, 5.41) is 0. The first-order chi connectivity index (χ1) is 5.75. The van der Waals surface area contributed by atoms with Gasteiger partial charge in [-0.15, -0.1) is 0 Å². The van der Waals surface area contributed by atoms with Crippen LogP contribution in [0.4, 0.5) is 0 Å². The van der Waals surface area contributed by atoms with Crippen molar-refractivity contribution in [1.29, 1.82) is 0 Å². The highest BCUT2D eigenvalue weighted by Crippen LogP contribution is 2.15. The lowest BCUT2D eigenvalue weighted by atomic mass is 10.1. The lowest BCUT2D eigenvalue weighted by Gasteiger charge is -2.09. The van der Waals surface area contributed by atoms with Crippen molar-refractivity contribution in [3.8, 4) is 0 Å². The highest BCUT2D eigenvalue weighted by Gasteiger charge is 2.16. The Morgan fingerprint density at radius 2 is 2.00 bits per heavy atom. The van der Waals surface area contributed by atoms with Gasteiger partial charge in [-0.1, -0.05) is 30.3 Å². The van der Waals surface area contributed by atoms with E-state index in [1.807, 2.05) is 18.2 Å². The summed E-state index contributed by atoms with van der Waals surface area (Å²) in [7, 11) is 1.42. The molecule has 1 atom stereocenters. The first kappa shape index (κ1) is 8.74. The summed E-state index contributed by atoms with van der Waals surface area (Å²) in [5.74, 6) is -0.719. The van der Waals surface area contributed by atoms with Gasteiger partial charge in [-0.2, -0.15) is 0 Å². The van der Waals surface area contributed by atoms with Gasteiger partial charge in [-0.05, 0) is 5.56 Å². The minimum absolute atomic E-state index is 0.719. The van der Waals surface area contributed by atoms with Gasteiger partial charge in [-0.3, -0.25) is 10.5 Å². The van der Waals surface area contributed by atoms with Gasteiger partial charge in [0.2, 0.25) is 0 Å². The highest BCUT2D eigenvalue weighted by atomic mass is 16.5. The summed E-state index contributed by atoms with van der Waals surface area (Å²) in [5.41, 5.74) is 7.63. The lowest BCUT2D eigenvalue weighted by Crippen LogP contribution is -2.14. The van der Waals surface area contributed by atoms with E-state index in [2.05, 4.69) is 0 Å². The maximum absolute atomic E-state index is 10.7. The van der Waals surface area contributed by atoms with E-state index >= 15 is 0 Å². The van der Waals surface area contributed by atoms with Crippen LogP contribution in [0.2, 0.25) is 0 Å². The van der Waals surface area contributed by atoms with Crippen molar-refractivity contribution in [2.45, 2.75) is 6.10 Å². The molecule has 0 aliphatic heterocycles. The zero-order valence-corrected chi connectivity index (χ0v) is 6.78. The van der Waals surface area contributed by atoms with Crippen LogP contribution in [0.5, 0.6) is 0 Å². The summed E-state index contributed by atoms with van der Waals surface area (Å²) >= 11 is 0. The van der Waals surface area contributed by atoms with E-state index in [9.17, 15) is 4.79 Å². The van der Waals surface area contributed by atoms with Gasteiger partial charge >= 0.3 is 0 Å². The molecule has 0 aliphatic rings. The van der Waals surface area contributed by atoms with Crippen molar-refractivity contribution in [3.05, 3.63) is 35.9 Å². The first-order valence-electron chi connectivity index (χ1n) is 3.59. The fourth-order valence-electron chi connectivity index (χ4n) is 1.02. The van der Waals surface area contributed by atoms with Crippen molar-refractivity contribution in [2.24, 2.45) is 0 Å². The molecular weight excluding hydrogens is 154 g/mol. The first-order valence-corrected chi connectivity index (χ1v) is 3.59. The fraction of sp³-hybridized carbons (Fsp3) is 0.222. The number of amides is 1. The standard InChI is InChI=1S/C9H10NO2/c1-12-8(9(10)11)7-5-3-2-4-6-7/h2-6,8,10H,1H3/t8-/m1/s1. The van der Waals surface area contributed by atoms with Crippen molar-refractivity contribution in [3.63, 3.8) is 0 Å². The topological polar surface area (TPSA) is 50.1 Å². The number of carbonyl (C=O) groups is 1. The Bertz CT molecular complexity index is 258. The van der Waals surface area contributed by atoms with Gasteiger partial charge in [-0.25, -0.2) is 0 Å². The number of hydrogen-bond acceptors (Lipinski definition) is 2. The molecule has 0 unspecified atom stereocenters. The molecule has 0 bridgehead atoms. The summed E-state index contributed by atoms with van der Waals surface area (Å²) in [6.45, 7) is 0. The van der Waals surface area contributed by atoms with E-state index in [0.29, 0.717) is 0 Å². The number of carbonyl (C=O) groups excluding carboxylic acids is 1. The summed E-state index contributed by atoms with van der Waals surface area (Å²) < 4.78 is 4.86. The second-order valence-corrected chi connectivity index (χ2v) is 2.39. The van der Waals surface area contributed by atoms with Gasteiger partial charge in [0.05, 0.1) is 0 Å². The van der Waals surface area contributed by atoms with Gasteiger partial charge in [0.1, 0.15) is 0 Å². The molecule has 0 saturated heterocycles. The van der Waals surface area contributed by atoms with Crippen LogP contribution in [0.3, 0.4) is 0 Å². The van der Waals surface area contributed by atoms with Crippen LogP contribution in [-0.2, 0) is 9.53 Å². The van der Waals surface area contributed by atoms with Gasteiger partial charge in [0.25, 0.3) is 5.91 Å². The van der Waals surface area contributed by atoms with Gasteiger partial charge in [0, 0.05) is 7.11 Å². The number of ether oxygens (including phenoxy) is 1. The van der Waals surface area contributed by atoms with E-state index < -0.39 is 12.0 Å². The van der Waals surface area contributed by atoms with Crippen LogP contribution in [0.15, 0.2) is 30.3 Å². The molecule has 0 saturated carbocycles. The molecule has 12 heavy (non-hydrogen) atoms. The smallest absolute Gasteiger partial charge is 0.272 e. The summed E-state index contributed by atoms with van der Waals surface area (Å²) in [4.78, 5) is 10.7. The highest BCUT2D eigenvalue weighted by molar-refractivity contribution is 5.79. The lowest BCUT2D eigenvalue weighted by molar-refractivity contribution is -0.128. The number of nitrogens with one attached hydrogen (secondary N) is 1. The monoisotopic (exact) mass is 164 g/mol. The molecule has 1 rings (SSSR count). The van der Waals surface area contributed by atoms with Crippen LogP contribution >= 0.6 is 0 Å². The molecule has 1 aromatic rings. The van der Waals surface area contributed by atoms with Crippen LogP contribution in [0.1, 0.15) is 11.7 Å². The maximum atomic E-state index is 10.7. The number of benzene rings is 1. The van der Waals surface area contributed by atoms with Crippen LogP contribution in [-0.4, -0.2) is 13.0 Å². The fourth-order valence-corrected chi connectivity index (χ4v) is 1.02. The number of rotatable bonds is 3. The van der Waals surface area contributed by atoms with E-state index in [0.717, 1.165) is 5.56 Å². The Labute approximate surface area is 71.1 Å². The van der Waals surface area contributed by atoms with E-state index in [4.69, 9.17) is 10.5 Å². The minimum Gasteiger partial charge on any atom is -0.367 e. The quantitative estimate of drug-likeness (QED) is 0.673. The number of methoxy groups -OCH3 is 1. The zero-order valence-electron chi connectivity index (χ0n) is 6.78.